The number of halogens is 1. The molecular formula is C30H26FNO4. The predicted octanol–water partition coefficient (Wildman–Crippen LogP) is 6.12. The van der Waals surface area contributed by atoms with Gasteiger partial charge in [0.1, 0.15) is 17.3 Å². The molecule has 1 heterocycles. The fourth-order valence-corrected chi connectivity index (χ4v) is 4.88. The molecule has 1 aliphatic rings. The summed E-state index contributed by atoms with van der Waals surface area (Å²) in [6.07, 6.45) is -0.0896. The maximum Gasteiger partial charge on any atom is 0.233 e. The predicted molar refractivity (Wildman–Crippen MR) is 136 cm³/mol. The number of para-hydroxylation sites is 1. The molecule has 0 aromatic heterocycles. The number of hydrogen-bond acceptors (Lipinski definition) is 4. The van der Waals surface area contributed by atoms with Crippen LogP contribution in [-0.2, 0) is 4.79 Å². The van der Waals surface area contributed by atoms with Crippen LogP contribution >= 0.6 is 0 Å². The minimum absolute atomic E-state index is 0.0699. The Balaban J connectivity index is 1.42. The molecule has 5 rings (SSSR count). The first kappa shape index (κ1) is 23.6. The smallest absolute Gasteiger partial charge is 0.233 e. The molecule has 5 nitrogen and oxygen atoms in total. The number of rotatable bonds is 7. The van der Waals surface area contributed by atoms with Crippen LogP contribution in [0.4, 0.5) is 10.1 Å². The molecule has 4 aromatic carbocycles. The molecule has 0 saturated carbocycles. The van der Waals surface area contributed by atoms with Crippen molar-refractivity contribution in [2.45, 2.75) is 25.0 Å². The highest BCUT2D eigenvalue weighted by Gasteiger charge is 2.49. The Morgan fingerprint density at radius 1 is 0.833 bits per heavy atom. The van der Waals surface area contributed by atoms with E-state index in [-0.39, 0.29) is 23.2 Å². The van der Waals surface area contributed by atoms with Gasteiger partial charge in [-0.2, -0.15) is 0 Å². The van der Waals surface area contributed by atoms with Gasteiger partial charge in [0.05, 0.1) is 18.1 Å². The summed E-state index contributed by atoms with van der Waals surface area (Å²) in [5, 5.41) is 31.2. The van der Waals surface area contributed by atoms with E-state index in [2.05, 4.69) is 0 Å². The number of phenols is 2. The van der Waals surface area contributed by atoms with Gasteiger partial charge in [0.15, 0.2) is 0 Å². The average molecular weight is 484 g/mol. The molecule has 36 heavy (non-hydrogen) atoms. The van der Waals surface area contributed by atoms with Crippen molar-refractivity contribution in [2.24, 2.45) is 5.92 Å². The number of aromatic hydroxyl groups is 2. The van der Waals surface area contributed by atoms with Gasteiger partial charge in [-0.05, 0) is 72.0 Å². The first-order valence-corrected chi connectivity index (χ1v) is 11.9. The molecule has 0 spiro atoms. The monoisotopic (exact) mass is 483 g/mol. The lowest BCUT2D eigenvalue weighted by molar-refractivity contribution is -0.131. The Morgan fingerprint density at radius 3 is 2.17 bits per heavy atom. The van der Waals surface area contributed by atoms with E-state index in [1.54, 1.807) is 47.4 Å². The van der Waals surface area contributed by atoms with Gasteiger partial charge in [0, 0.05) is 11.3 Å². The van der Waals surface area contributed by atoms with Gasteiger partial charge in [0.25, 0.3) is 0 Å². The number of carbonyl (C=O) groups is 1. The third-order valence-electron chi connectivity index (χ3n) is 6.80. The minimum Gasteiger partial charge on any atom is -0.508 e. The molecule has 1 amide bonds. The van der Waals surface area contributed by atoms with Crippen LogP contribution in [-0.4, -0.2) is 21.2 Å². The lowest BCUT2D eigenvalue weighted by Crippen LogP contribution is -2.55. The van der Waals surface area contributed by atoms with E-state index in [1.165, 1.54) is 12.1 Å². The van der Waals surface area contributed by atoms with Crippen molar-refractivity contribution in [2.75, 3.05) is 4.90 Å². The number of carbonyl (C=O) groups excluding carboxylic acids is 1. The van der Waals surface area contributed by atoms with E-state index in [1.807, 2.05) is 42.5 Å². The van der Waals surface area contributed by atoms with Crippen molar-refractivity contribution in [3.05, 3.63) is 114 Å². The first-order chi connectivity index (χ1) is 17.4. The van der Waals surface area contributed by atoms with Crippen molar-refractivity contribution in [1.29, 1.82) is 0 Å². The zero-order valence-electron chi connectivity index (χ0n) is 19.5. The number of phenolic OH excluding ortho intramolecular Hbond substituents is 2. The molecule has 3 N–H and O–H groups in total. The molecule has 0 aliphatic carbocycles. The van der Waals surface area contributed by atoms with Crippen molar-refractivity contribution >= 4 is 11.6 Å². The van der Waals surface area contributed by atoms with Crippen LogP contribution in [0.2, 0.25) is 0 Å². The van der Waals surface area contributed by atoms with Crippen LogP contribution in [0, 0.1) is 11.7 Å². The summed E-state index contributed by atoms with van der Waals surface area (Å²) in [4.78, 5) is 14.9. The normalized spacial score (nSPS) is 18.1. The molecular weight excluding hydrogens is 457 g/mol. The Kier molecular flexibility index (Phi) is 6.44. The molecule has 1 aliphatic heterocycles. The second-order valence-electron chi connectivity index (χ2n) is 9.06. The van der Waals surface area contributed by atoms with Gasteiger partial charge < -0.3 is 20.2 Å². The van der Waals surface area contributed by atoms with Crippen LogP contribution in [0.15, 0.2) is 97.1 Å². The topological polar surface area (TPSA) is 81.0 Å². The second-order valence-corrected chi connectivity index (χ2v) is 9.06. The van der Waals surface area contributed by atoms with Crippen LogP contribution < -0.4 is 4.90 Å². The highest BCUT2D eigenvalue weighted by atomic mass is 19.1. The standard InChI is InChI=1S/C30H26FNO4/c31-22-11-6-20(7-12-22)27(34)17-16-26-29(32(30(26)36)23-4-2-1-3-5-23)25-15-10-21(18-28(25)35)19-8-13-24(33)14-9-19/h1-15,18,26-27,29,33-35H,16-17H2/t26-,27+,29-/m1/s1. The second kappa shape index (κ2) is 9.84. The van der Waals surface area contributed by atoms with E-state index in [9.17, 15) is 24.5 Å². The number of aliphatic hydroxyl groups is 1. The summed E-state index contributed by atoms with van der Waals surface area (Å²) in [5.74, 6) is -0.630. The fourth-order valence-electron chi connectivity index (χ4n) is 4.88. The molecule has 0 radical (unpaired) electrons. The van der Waals surface area contributed by atoms with Gasteiger partial charge in [-0.25, -0.2) is 4.39 Å². The van der Waals surface area contributed by atoms with Crippen molar-refractivity contribution in [3.8, 4) is 22.6 Å². The average Bonchev–Trinajstić information content (AvgIpc) is 2.89. The third-order valence-corrected chi connectivity index (χ3v) is 6.80. The number of nitrogens with zero attached hydrogens (tertiary/aromatic N) is 1. The first-order valence-electron chi connectivity index (χ1n) is 11.9. The molecule has 182 valence electrons. The number of aliphatic hydroxyl groups excluding tert-OH is 1. The van der Waals surface area contributed by atoms with Crippen LogP contribution in [0.1, 0.15) is 36.1 Å². The van der Waals surface area contributed by atoms with Gasteiger partial charge in [-0.15, -0.1) is 0 Å². The zero-order valence-corrected chi connectivity index (χ0v) is 19.5. The molecule has 1 saturated heterocycles. The van der Waals surface area contributed by atoms with Crippen molar-refractivity contribution in [3.63, 3.8) is 0 Å². The number of amides is 1. The summed E-state index contributed by atoms with van der Waals surface area (Å²) in [5.41, 5.74) is 3.60. The molecule has 6 heteroatoms. The molecule has 3 atom stereocenters. The van der Waals surface area contributed by atoms with E-state index in [0.717, 1.165) is 16.8 Å². The van der Waals surface area contributed by atoms with Gasteiger partial charge in [0.2, 0.25) is 5.91 Å². The number of benzene rings is 4. The summed E-state index contributed by atoms with van der Waals surface area (Å²) < 4.78 is 13.2. The summed E-state index contributed by atoms with van der Waals surface area (Å²) >= 11 is 0. The van der Waals surface area contributed by atoms with Gasteiger partial charge in [-0.3, -0.25) is 4.79 Å². The summed E-state index contributed by atoms with van der Waals surface area (Å²) in [7, 11) is 0. The SMILES string of the molecule is O=C1[C@H](CC[C@H](O)c2ccc(F)cc2)[C@@H](c2ccc(-c3ccc(O)cc3)cc2O)N1c1ccccc1. The van der Waals surface area contributed by atoms with Crippen LogP contribution in [0.25, 0.3) is 11.1 Å². The maximum absolute atomic E-state index is 13.3. The Labute approximate surface area is 208 Å². The van der Waals surface area contributed by atoms with Crippen LogP contribution in [0.5, 0.6) is 11.5 Å². The highest BCUT2D eigenvalue weighted by molar-refractivity contribution is 6.03. The quantitative estimate of drug-likeness (QED) is 0.277. The highest BCUT2D eigenvalue weighted by Crippen LogP contribution is 2.49. The number of hydrogen-bond donors (Lipinski definition) is 3. The maximum atomic E-state index is 13.3. The fraction of sp³-hybridized carbons (Fsp3) is 0.167. The van der Waals surface area contributed by atoms with Gasteiger partial charge in [-0.1, -0.05) is 54.6 Å². The zero-order chi connectivity index (χ0) is 25.2. The Bertz CT molecular complexity index is 1360. The molecule has 1 fully saturated rings. The number of β-lactam (4-membered cyclic amide) rings is 1. The van der Waals surface area contributed by atoms with Crippen LogP contribution in [0.3, 0.4) is 0 Å². The molecule has 0 bridgehead atoms. The molecule has 4 aromatic rings. The van der Waals surface area contributed by atoms with Crippen molar-refractivity contribution < 1.29 is 24.5 Å². The molecule has 0 unspecified atom stereocenters. The Morgan fingerprint density at radius 2 is 1.50 bits per heavy atom. The van der Waals surface area contributed by atoms with E-state index >= 15 is 0 Å². The lowest BCUT2D eigenvalue weighted by Gasteiger charge is -2.48. The van der Waals surface area contributed by atoms with Gasteiger partial charge >= 0.3 is 0 Å². The Hall–Kier alpha value is -4.16. The minimum atomic E-state index is -0.824. The largest absolute Gasteiger partial charge is 0.508 e. The number of anilines is 1. The summed E-state index contributed by atoms with van der Waals surface area (Å²) in [6, 6.07) is 26.7. The lowest BCUT2D eigenvalue weighted by atomic mass is 9.77. The third kappa shape index (κ3) is 4.55. The van der Waals surface area contributed by atoms with E-state index in [0.29, 0.717) is 24.0 Å². The van der Waals surface area contributed by atoms with Crippen molar-refractivity contribution in [1.82, 2.24) is 0 Å². The van der Waals surface area contributed by atoms with E-state index in [4.69, 9.17) is 0 Å². The van der Waals surface area contributed by atoms with E-state index < -0.39 is 18.1 Å². The summed E-state index contributed by atoms with van der Waals surface area (Å²) in [6.45, 7) is 0.